The molecule has 0 fully saturated rings. The van der Waals surface area contributed by atoms with Crippen molar-refractivity contribution >= 4 is 0 Å². The monoisotopic (exact) mass is 151 g/mol. The molecule has 0 saturated heterocycles. The van der Waals surface area contributed by atoms with Gasteiger partial charge < -0.3 is 10.1 Å². The minimum Gasteiger partial charge on any atom is -0.508 e. The summed E-state index contributed by atoms with van der Waals surface area (Å²) in [5, 5.41) is 8.97. The number of H-pyrrole nitrogens is 1. The second kappa shape index (κ2) is 3.05. The minimum atomic E-state index is -0.290. The third kappa shape index (κ3) is 1.97. The van der Waals surface area contributed by atoms with Crippen molar-refractivity contribution in [1.82, 2.24) is 4.98 Å². The molecule has 0 radical (unpaired) electrons. The molecule has 0 atom stereocenters. The molecular formula is C8H9NO2. The van der Waals surface area contributed by atoms with Gasteiger partial charge >= 0.3 is 0 Å². The number of rotatable bonds is 2. The lowest BCUT2D eigenvalue weighted by molar-refractivity contribution is 0.473. The second-order valence-corrected chi connectivity index (χ2v) is 2.22. The Hall–Kier alpha value is -1.51. The van der Waals surface area contributed by atoms with E-state index in [4.69, 9.17) is 5.11 Å². The molecule has 2 N–H and O–H groups in total. The van der Waals surface area contributed by atoms with Crippen molar-refractivity contribution in [2.24, 2.45) is 0 Å². The van der Waals surface area contributed by atoms with Crippen LogP contribution in [0.2, 0.25) is 0 Å². The predicted octanol–water partition coefficient (Wildman–Crippen LogP) is 0.809. The molecule has 3 nitrogen and oxygen atoms in total. The van der Waals surface area contributed by atoms with E-state index in [1.807, 2.05) is 0 Å². The molecule has 3 heteroatoms. The Morgan fingerprint density at radius 3 is 2.91 bits per heavy atom. The molecule has 58 valence electrons. The molecule has 0 spiro atoms. The minimum absolute atomic E-state index is 0.00870. The van der Waals surface area contributed by atoms with Crippen LogP contribution >= 0.6 is 0 Å². The van der Waals surface area contributed by atoms with Crippen LogP contribution in [0.1, 0.15) is 5.69 Å². The Kier molecular flexibility index (Phi) is 2.11. The zero-order valence-corrected chi connectivity index (χ0v) is 6.00. The van der Waals surface area contributed by atoms with Gasteiger partial charge in [0.25, 0.3) is 5.56 Å². The summed E-state index contributed by atoms with van der Waals surface area (Å²) in [5.41, 5.74) is 0.381. The number of allylic oxidation sites excluding steroid dienone is 1. The van der Waals surface area contributed by atoms with E-state index in [1.165, 1.54) is 6.07 Å². The van der Waals surface area contributed by atoms with Crippen LogP contribution in [0.15, 0.2) is 29.6 Å². The highest BCUT2D eigenvalue weighted by Crippen LogP contribution is 2.05. The first-order chi connectivity index (χ1) is 5.22. The summed E-state index contributed by atoms with van der Waals surface area (Å²) in [6.07, 6.45) is 2.22. The van der Waals surface area contributed by atoms with Gasteiger partial charge in [0, 0.05) is 18.2 Å². The number of hydrogen-bond donors (Lipinski definition) is 2. The third-order valence-corrected chi connectivity index (χ3v) is 1.25. The lowest BCUT2D eigenvalue weighted by Gasteiger charge is -1.95. The first-order valence-corrected chi connectivity index (χ1v) is 3.25. The average Bonchev–Trinajstić information content (AvgIpc) is 1.85. The van der Waals surface area contributed by atoms with Crippen LogP contribution in [0.4, 0.5) is 0 Å². The van der Waals surface area contributed by atoms with Crippen molar-refractivity contribution in [3.8, 4) is 5.75 Å². The Morgan fingerprint density at radius 2 is 2.36 bits per heavy atom. The summed E-state index contributed by atoms with van der Waals surface area (Å²) in [6, 6.07) is 2.63. The van der Waals surface area contributed by atoms with Gasteiger partial charge in [-0.25, -0.2) is 0 Å². The van der Waals surface area contributed by atoms with E-state index in [0.29, 0.717) is 12.1 Å². The molecular weight excluding hydrogens is 142 g/mol. The maximum absolute atomic E-state index is 10.7. The zero-order chi connectivity index (χ0) is 8.27. The number of aromatic amines is 1. The largest absolute Gasteiger partial charge is 0.508 e. The van der Waals surface area contributed by atoms with Crippen molar-refractivity contribution in [2.75, 3.05) is 0 Å². The highest BCUT2D eigenvalue weighted by Gasteiger charge is 1.94. The lowest BCUT2D eigenvalue weighted by Crippen LogP contribution is -2.05. The zero-order valence-electron chi connectivity index (χ0n) is 6.00. The number of nitrogens with one attached hydrogen (secondary N) is 1. The van der Waals surface area contributed by atoms with E-state index >= 15 is 0 Å². The van der Waals surface area contributed by atoms with Crippen molar-refractivity contribution in [3.05, 3.63) is 40.8 Å². The Bertz CT molecular complexity index is 314. The van der Waals surface area contributed by atoms with Gasteiger partial charge in [0.2, 0.25) is 0 Å². The van der Waals surface area contributed by atoms with Crippen LogP contribution in [0.3, 0.4) is 0 Å². The van der Waals surface area contributed by atoms with Gasteiger partial charge in [-0.2, -0.15) is 0 Å². The van der Waals surface area contributed by atoms with Crippen molar-refractivity contribution in [1.29, 1.82) is 0 Å². The molecule has 0 aliphatic carbocycles. The van der Waals surface area contributed by atoms with Crippen molar-refractivity contribution < 1.29 is 5.11 Å². The quantitative estimate of drug-likeness (QED) is 0.614. The molecule has 1 aromatic heterocycles. The van der Waals surface area contributed by atoms with Crippen molar-refractivity contribution in [3.63, 3.8) is 0 Å². The summed E-state index contributed by atoms with van der Waals surface area (Å²) < 4.78 is 0. The fraction of sp³-hybridized carbons (Fsp3) is 0.125. The van der Waals surface area contributed by atoms with E-state index < -0.39 is 0 Å². The van der Waals surface area contributed by atoms with Gasteiger partial charge in [-0.15, -0.1) is 6.58 Å². The third-order valence-electron chi connectivity index (χ3n) is 1.25. The Balaban J connectivity index is 3.08. The van der Waals surface area contributed by atoms with Gasteiger partial charge in [-0.3, -0.25) is 4.79 Å². The summed E-state index contributed by atoms with van der Waals surface area (Å²) in [6.45, 7) is 3.51. The molecule has 1 heterocycles. The summed E-state index contributed by atoms with van der Waals surface area (Å²) in [4.78, 5) is 13.3. The molecule has 0 unspecified atom stereocenters. The van der Waals surface area contributed by atoms with Crippen LogP contribution in [0.5, 0.6) is 5.75 Å². The molecule has 0 amide bonds. The molecule has 11 heavy (non-hydrogen) atoms. The van der Waals surface area contributed by atoms with E-state index in [0.717, 1.165) is 6.07 Å². The van der Waals surface area contributed by atoms with Gasteiger partial charge in [0.05, 0.1) is 0 Å². The van der Waals surface area contributed by atoms with Gasteiger partial charge in [0.1, 0.15) is 5.75 Å². The number of hydrogen-bond acceptors (Lipinski definition) is 2. The maximum Gasteiger partial charge on any atom is 0.251 e. The SMILES string of the molecule is C=CCc1cc(O)cc(=O)[nH]1. The summed E-state index contributed by atoms with van der Waals surface area (Å²) in [5.74, 6) is -0.00870. The number of aromatic hydroxyl groups is 1. The topological polar surface area (TPSA) is 53.1 Å². The van der Waals surface area contributed by atoms with Gasteiger partial charge in [-0.05, 0) is 6.07 Å². The van der Waals surface area contributed by atoms with Crippen LogP contribution in [-0.4, -0.2) is 10.1 Å². The molecule has 0 aromatic carbocycles. The average molecular weight is 151 g/mol. The first kappa shape index (κ1) is 7.60. The highest BCUT2D eigenvalue weighted by molar-refractivity contribution is 5.21. The molecule has 0 aliphatic rings. The van der Waals surface area contributed by atoms with Crippen LogP contribution in [-0.2, 0) is 6.42 Å². The fourth-order valence-electron chi connectivity index (χ4n) is 0.850. The first-order valence-electron chi connectivity index (χ1n) is 3.25. The van der Waals surface area contributed by atoms with Gasteiger partial charge in [0.15, 0.2) is 0 Å². The molecule has 0 bridgehead atoms. The normalized spacial score (nSPS) is 9.45. The lowest BCUT2D eigenvalue weighted by atomic mass is 10.2. The van der Waals surface area contributed by atoms with Crippen LogP contribution < -0.4 is 5.56 Å². The van der Waals surface area contributed by atoms with Gasteiger partial charge in [-0.1, -0.05) is 6.08 Å². The van der Waals surface area contributed by atoms with E-state index in [-0.39, 0.29) is 11.3 Å². The standard InChI is InChI=1S/C8H9NO2/c1-2-3-6-4-7(10)5-8(11)9-6/h2,4-5H,1,3H2,(H2,9,10,11). The molecule has 0 aliphatic heterocycles. The molecule has 1 aromatic rings. The summed E-state index contributed by atoms with van der Waals surface area (Å²) in [7, 11) is 0. The second-order valence-electron chi connectivity index (χ2n) is 2.22. The Labute approximate surface area is 64.0 Å². The van der Waals surface area contributed by atoms with E-state index in [9.17, 15) is 4.79 Å². The van der Waals surface area contributed by atoms with Crippen molar-refractivity contribution in [2.45, 2.75) is 6.42 Å². The fourth-order valence-corrected chi connectivity index (χ4v) is 0.850. The Morgan fingerprint density at radius 1 is 1.64 bits per heavy atom. The van der Waals surface area contributed by atoms with Crippen LogP contribution in [0.25, 0.3) is 0 Å². The summed E-state index contributed by atoms with van der Waals surface area (Å²) >= 11 is 0. The smallest absolute Gasteiger partial charge is 0.251 e. The highest BCUT2D eigenvalue weighted by atomic mass is 16.3. The van der Waals surface area contributed by atoms with E-state index in [1.54, 1.807) is 6.08 Å². The predicted molar refractivity (Wildman–Crippen MR) is 42.6 cm³/mol. The van der Waals surface area contributed by atoms with E-state index in [2.05, 4.69) is 11.6 Å². The number of aromatic nitrogens is 1. The number of pyridine rings is 1. The molecule has 1 rings (SSSR count). The maximum atomic E-state index is 10.7. The molecule has 0 saturated carbocycles. The van der Waals surface area contributed by atoms with Crippen LogP contribution in [0, 0.1) is 0 Å².